The van der Waals surface area contributed by atoms with E-state index in [1.807, 2.05) is 23.7 Å². The molecule has 3 aromatic heterocycles. The minimum atomic E-state index is -0.225. The van der Waals surface area contributed by atoms with Crippen LogP contribution in [-0.2, 0) is 4.74 Å². The molecule has 1 aliphatic rings. The second-order valence-corrected chi connectivity index (χ2v) is 7.38. The molecule has 0 saturated carbocycles. The molecule has 1 amide bonds. The average Bonchev–Trinajstić information content (AvgIpc) is 3.21. The molecular weight excluding hydrogens is 384 g/mol. The van der Waals surface area contributed by atoms with Crippen LogP contribution in [0.5, 0.6) is 11.6 Å². The summed E-state index contributed by atoms with van der Waals surface area (Å²) in [5, 5.41) is 5.31. The maximum atomic E-state index is 12.2. The van der Waals surface area contributed by atoms with Crippen molar-refractivity contribution in [2.75, 3.05) is 19.7 Å². The van der Waals surface area contributed by atoms with E-state index in [9.17, 15) is 4.79 Å². The van der Waals surface area contributed by atoms with Crippen LogP contribution in [0.1, 0.15) is 44.3 Å². The first-order valence-corrected chi connectivity index (χ1v) is 10.4. The Morgan fingerprint density at radius 1 is 1.23 bits per heavy atom. The number of carbonyl (C=O) groups excluding carboxylic acids is 1. The first-order valence-electron chi connectivity index (χ1n) is 10.4. The van der Waals surface area contributed by atoms with E-state index >= 15 is 0 Å². The highest BCUT2D eigenvalue weighted by atomic mass is 16.6. The monoisotopic (exact) mass is 410 g/mol. The molecule has 1 aliphatic heterocycles. The highest BCUT2D eigenvalue weighted by Crippen LogP contribution is 2.31. The second-order valence-electron chi connectivity index (χ2n) is 7.38. The van der Waals surface area contributed by atoms with E-state index in [1.54, 1.807) is 17.3 Å². The van der Waals surface area contributed by atoms with Crippen molar-refractivity contribution >= 4 is 17.1 Å². The number of rotatable bonds is 6. The third kappa shape index (κ3) is 4.19. The zero-order chi connectivity index (χ0) is 20.9. The van der Waals surface area contributed by atoms with E-state index in [1.165, 1.54) is 6.33 Å². The summed E-state index contributed by atoms with van der Waals surface area (Å²) in [7, 11) is 0. The molecule has 0 aliphatic carbocycles. The summed E-state index contributed by atoms with van der Waals surface area (Å²) in [6, 6.07) is 3.84. The van der Waals surface area contributed by atoms with Gasteiger partial charge in [-0.15, -0.1) is 0 Å². The molecule has 9 heteroatoms. The Morgan fingerprint density at radius 2 is 2.07 bits per heavy atom. The van der Waals surface area contributed by atoms with Crippen LogP contribution in [0.2, 0.25) is 0 Å². The molecule has 1 saturated heterocycles. The predicted octanol–water partition coefficient (Wildman–Crippen LogP) is 3.90. The van der Waals surface area contributed by atoms with Gasteiger partial charge < -0.3 is 14.4 Å². The zero-order valence-electron chi connectivity index (χ0n) is 17.3. The number of fused-ring (bicyclic) bond motifs is 1. The van der Waals surface area contributed by atoms with Crippen LogP contribution >= 0.6 is 0 Å². The summed E-state index contributed by atoms with van der Waals surface area (Å²) < 4.78 is 13.2. The van der Waals surface area contributed by atoms with Crippen molar-refractivity contribution < 1.29 is 14.3 Å². The molecule has 1 fully saturated rings. The molecule has 0 unspecified atom stereocenters. The van der Waals surface area contributed by atoms with Gasteiger partial charge in [-0.1, -0.05) is 13.3 Å². The number of carbonyl (C=O) groups is 1. The Labute approximate surface area is 175 Å². The molecule has 0 bridgehead atoms. The van der Waals surface area contributed by atoms with Gasteiger partial charge in [0.2, 0.25) is 5.88 Å². The van der Waals surface area contributed by atoms with Crippen molar-refractivity contribution in [1.82, 2.24) is 29.6 Å². The van der Waals surface area contributed by atoms with Gasteiger partial charge in [0.25, 0.3) is 0 Å². The van der Waals surface area contributed by atoms with Crippen molar-refractivity contribution in [3.8, 4) is 11.6 Å². The van der Waals surface area contributed by atoms with Gasteiger partial charge >= 0.3 is 6.09 Å². The molecule has 0 N–H and O–H groups in total. The topological polar surface area (TPSA) is 95.3 Å². The lowest BCUT2D eigenvalue weighted by Gasteiger charge is -2.31. The molecule has 158 valence electrons. The van der Waals surface area contributed by atoms with Crippen molar-refractivity contribution in [1.29, 1.82) is 0 Å². The van der Waals surface area contributed by atoms with Crippen molar-refractivity contribution in [2.24, 2.45) is 0 Å². The number of aromatic nitrogens is 5. The zero-order valence-corrected chi connectivity index (χ0v) is 17.3. The number of unbranched alkanes of at least 4 members (excludes halogenated alkanes) is 1. The molecule has 30 heavy (non-hydrogen) atoms. The fraction of sp³-hybridized carbons (Fsp3) is 0.476. The first-order chi connectivity index (χ1) is 14.7. The number of amides is 1. The van der Waals surface area contributed by atoms with Crippen LogP contribution in [0.3, 0.4) is 0 Å². The standard InChI is InChI=1S/C21H26N6O3/c1-3-4-12-29-21(28)26-10-7-16(8-11-26)27-19-17(13-25-27)20(24-14-23-19)30-18-6-5-9-22-15(18)2/h5-6,9,13-14,16H,3-4,7-8,10-12H2,1-2H3. The quantitative estimate of drug-likeness (QED) is 0.569. The van der Waals surface area contributed by atoms with Gasteiger partial charge in [0, 0.05) is 19.3 Å². The van der Waals surface area contributed by atoms with Gasteiger partial charge in [-0.25, -0.2) is 19.4 Å². The van der Waals surface area contributed by atoms with Crippen LogP contribution in [0, 0.1) is 6.92 Å². The smallest absolute Gasteiger partial charge is 0.409 e. The van der Waals surface area contributed by atoms with Crippen LogP contribution in [0.15, 0.2) is 30.9 Å². The third-order valence-electron chi connectivity index (χ3n) is 5.31. The molecule has 0 atom stereocenters. The third-order valence-corrected chi connectivity index (χ3v) is 5.31. The predicted molar refractivity (Wildman–Crippen MR) is 110 cm³/mol. The Hall–Kier alpha value is -3.23. The summed E-state index contributed by atoms with van der Waals surface area (Å²) in [6.07, 6.45) is 8.21. The number of hydrogen-bond acceptors (Lipinski definition) is 7. The highest BCUT2D eigenvalue weighted by Gasteiger charge is 2.27. The summed E-state index contributed by atoms with van der Waals surface area (Å²) in [5.41, 5.74) is 1.51. The molecule has 0 radical (unpaired) electrons. The number of ether oxygens (including phenoxy) is 2. The molecule has 0 aromatic carbocycles. The van der Waals surface area contributed by atoms with Crippen molar-refractivity contribution in [3.63, 3.8) is 0 Å². The van der Waals surface area contributed by atoms with E-state index in [-0.39, 0.29) is 12.1 Å². The molecule has 3 aromatic rings. The van der Waals surface area contributed by atoms with E-state index in [0.717, 1.165) is 42.4 Å². The molecule has 4 heterocycles. The molecule has 9 nitrogen and oxygen atoms in total. The fourth-order valence-corrected chi connectivity index (χ4v) is 3.56. The molecular formula is C21H26N6O3. The largest absolute Gasteiger partial charge is 0.449 e. The van der Waals surface area contributed by atoms with Crippen LogP contribution in [0.4, 0.5) is 4.79 Å². The van der Waals surface area contributed by atoms with Gasteiger partial charge in [0.15, 0.2) is 11.4 Å². The Bertz CT molecular complexity index is 1010. The number of piperidine rings is 1. The number of nitrogens with zero attached hydrogens (tertiary/aromatic N) is 6. The van der Waals surface area contributed by atoms with E-state index in [4.69, 9.17) is 9.47 Å². The lowest BCUT2D eigenvalue weighted by Crippen LogP contribution is -2.39. The van der Waals surface area contributed by atoms with Crippen molar-refractivity contribution in [2.45, 2.75) is 45.6 Å². The Kier molecular flexibility index (Phi) is 6.06. The molecule has 4 rings (SSSR count). The van der Waals surface area contributed by atoms with Crippen LogP contribution < -0.4 is 4.74 Å². The van der Waals surface area contributed by atoms with Gasteiger partial charge in [0.05, 0.1) is 24.5 Å². The summed E-state index contributed by atoms with van der Waals surface area (Å²) in [6.45, 7) is 5.72. The number of pyridine rings is 1. The Balaban J connectivity index is 1.46. The van der Waals surface area contributed by atoms with E-state index < -0.39 is 0 Å². The Morgan fingerprint density at radius 3 is 2.83 bits per heavy atom. The maximum absolute atomic E-state index is 12.2. The number of hydrogen-bond donors (Lipinski definition) is 0. The fourth-order valence-electron chi connectivity index (χ4n) is 3.56. The van der Waals surface area contributed by atoms with Crippen molar-refractivity contribution in [3.05, 3.63) is 36.5 Å². The first kappa shape index (κ1) is 20.1. The van der Waals surface area contributed by atoms with Crippen LogP contribution in [-0.4, -0.2) is 55.4 Å². The molecule has 0 spiro atoms. The maximum Gasteiger partial charge on any atom is 0.409 e. The van der Waals surface area contributed by atoms with E-state index in [0.29, 0.717) is 31.3 Å². The number of likely N-dealkylation sites (tertiary alicyclic amines) is 1. The summed E-state index contributed by atoms with van der Waals surface area (Å²) in [5.74, 6) is 1.11. The number of aryl methyl sites for hydroxylation is 1. The van der Waals surface area contributed by atoms with Crippen LogP contribution in [0.25, 0.3) is 11.0 Å². The highest BCUT2D eigenvalue weighted by molar-refractivity contribution is 5.80. The van der Waals surface area contributed by atoms with Gasteiger partial charge in [-0.3, -0.25) is 4.98 Å². The lowest BCUT2D eigenvalue weighted by atomic mass is 10.1. The van der Waals surface area contributed by atoms with Gasteiger partial charge in [-0.05, 0) is 38.3 Å². The van der Waals surface area contributed by atoms with Gasteiger partial charge in [-0.2, -0.15) is 5.10 Å². The minimum absolute atomic E-state index is 0.157. The SMILES string of the molecule is CCCCOC(=O)N1CCC(n2ncc3c(Oc4cccnc4C)ncnc32)CC1. The lowest BCUT2D eigenvalue weighted by molar-refractivity contribution is 0.0868. The van der Waals surface area contributed by atoms with E-state index in [2.05, 4.69) is 27.0 Å². The minimum Gasteiger partial charge on any atom is -0.449 e. The average molecular weight is 410 g/mol. The summed E-state index contributed by atoms with van der Waals surface area (Å²) in [4.78, 5) is 26.9. The summed E-state index contributed by atoms with van der Waals surface area (Å²) >= 11 is 0. The second kappa shape index (κ2) is 9.06. The van der Waals surface area contributed by atoms with Gasteiger partial charge in [0.1, 0.15) is 11.7 Å². The normalized spacial score (nSPS) is 14.8.